The van der Waals surface area contributed by atoms with E-state index >= 15 is 0 Å². The van der Waals surface area contributed by atoms with Crippen LogP contribution in [0.4, 0.5) is 0 Å². The van der Waals surface area contributed by atoms with Gasteiger partial charge in [-0.3, -0.25) is 0 Å². The fourth-order valence-electron chi connectivity index (χ4n) is 3.24. The van der Waals surface area contributed by atoms with Gasteiger partial charge in [0.15, 0.2) is 0 Å². The maximum absolute atomic E-state index is 10.6. The van der Waals surface area contributed by atoms with Crippen molar-refractivity contribution >= 4 is 0 Å². The van der Waals surface area contributed by atoms with Gasteiger partial charge >= 0.3 is 0 Å². The number of nitrogens with one attached hydrogen (secondary N) is 2. The molecule has 3 unspecified atom stereocenters. The van der Waals surface area contributed by atoms with Gasteiger partial charge in [0, 0.05) is 6.04 Å². The molecule has 18 heavy (non-hydrogen) atoms. The molecule has 0 aliphatic carbocycles. The maximum atomic E-state index is 10.6. The van der Waals surface area contributed by atoms with Crippen LogP contribution >= 0.6 is 0 Å². The molecule has 98 valence electrons. The third-order valence-electron chi connectivity index (χ3n) is 4.25. The molecule has 2 heterocycles. The first-order chi connectivity index (χ1) is 8.86. The van der Waals surface area contributed by atoms with Gasteiger partial charge in [0.25, 0.3) is 0 Å². The number of benzene rings is 1. The Morgan fingerprint density at radius 2 is 2.00 bits per heavy atom. The minimum Gasteiger partial charge on any atom is -0.390 e. The normalized spacial score (nSPS) is 29.6. The number of piperidine rings is 1. The number of rotatable bonds is 2. The van der Waals surface area contributed by atoms with Crippen LogP contribution in [0.3, 0.4) is 0 Å². The van der Waals surface area contributed by atoms with Crippen molar-refractivity contribution in [2.75, 3.05) is 13.1 Å². The van der Waals surface area contributed by atoms with Crippen LogP contribution in [0.15, 0.2) is 24.3 Å². The molecule has 3 rings (SSSR count). The molecule has 0 bridgehead atoms. The van der Waals surface area contributed by atoms with Gasteiger partial charge in [0.1, 0.15) is 0 Å². The third kappa shape index (κ3) is 2.30. The molecule has 1 aromatic carbocycles. The van der Waals surface area contributed by atoms with E-state index in [2.05, 4.69) is 34.9 Å². The quantitative estimate of drug-likeness (QED) is 0.738. The number of hydrogen-bond acceptors (Lipinski definition) is 3. The summed E-state index contributed by atoms with van der Waals surface area (Å²) >= 11 is 0. The highest BCUT2D eigenvalue weighted by molar-refractivity contribution is 5.33. The third-order valence-corrected chi connectivity index (χ3v) is 4.25. The first kappa shape index (κ1) is 12.2. The lowest BCUT2D eigenvalue weighted by molar-refractivity contribution is 0.0727. The first-order valence-corrected chi connectivity index (χ1v) is 7.09. The van der Waals surface area contributed by atoms with Gasteiger partial charge < -0.3 is 15.7 Å². The Labute approximate surface area is 109 Å². The van der Waals surface area contributed by atoms with Crippen LogP contribution < -0.4 is 10.6 Å². The number of aliphatic hydroxyl groups is 1. The van der Waals surface area contributed by atoms with Crippen LogP contribution in [0.5, 0.6) is 0 Å². The summed E-state index contributed by atoms with van der Waals surface area (Å²) in [7, 11) is 0. The van der Waals surface area contributed by atoms with Crippen molar-refractivity contribution in [2.45, 2.75) is 43.9 Å². The molecule has 0 amide bonds. The molecule has 0 radical (unpaired) electrons. The Balaban J connectivity index is 1.80. The second-order valence-electron chi connectivity index (χ2n) is 5.43. The molecule has 3 heteroatoms. The molecule has 0 aromatic heterocycles. The summed E-state index contributed by atoms with van der Waals surface area (Å²) in [4.78, 5) is 0. The highest BCUT2D eigenvalue weighted by Crippen LogP contribution is 2.28. The van der Waals surface area contributed by atoms with E-state index in [0.717, 1.165) is 25.9 Å². The Morgan fingerprint density at radius 1 is 1.11 bits per heavy atom. The van der Waals surface area contributed by atoms with Crippen LogP contribution in [-0.2, 0) is 6.42 Å². The monoisotopic (exact) mass is 246 g/mol. The minimum atomic E-state index is -0.327. The van der Waals surface area contributed by atoms with E-state index in [1.165, 1.54) is 24.0 Å². The standard InChI is InChI=1S/C15H22N2O/c18-15(13-7-3-4-9-16-13)14-12-6-2-1-5-11(12)8-10-17-14/h1-2,5-6,13-18H,3-4,7-10H2. The van der Waals surface area contributed by atoms with Gasteiger partial charge in [-0.1, -0.05) is 30.7 Å². The van der Waals surface area contributed by atoms with E-state index in [1.807, 2.05) is 0 Å². The molecule has 3 N–H and O–H groups in total. The van der Waals surface area contributed by atoms with Crippen molar-refractivity contribution in [3.63, 3.8) is 0 Å². The summed E-state index contributed by atoms with van der Waals surface area (Å²) in [6, 6.07) is 8.82. The fourth-order valence-corrected chi connectivity index (χ4v) is 3.24. The summed E-state index contributed by atoms with van der Waals surface area (Å²) in [5, 5.41) is 17.6. The minimum absolute atomic E-state index is 0.0885. The Morgan fingerprint density at radius 3 is 2.83 bits per heavy atom. The number of aliphatic hydroxyl groups excluding tert-OH is 1. The van der Waals surface area contributed by atoms with Gasteiger partial charge in [0.05, 0.1) is 12.1 Å². The molecule has 1 saturated heterocycles. The summed E-state index contributed by atoms with van der Waals surface area (Å²) in [6.07, 6.45) is 4.28. The molecule has 2 aliphatic rings. The zero-order valence-electron chi connectivity index (χ0n) is 10.7. The second-order valence-corrected chi connectivity index (χ2v) is 5.43. The summed E-state index contributed by atoms with van der Waals surface area (Å²) < 4.78 is 0. The molecular formula is C15H22N2O. The highest BCUT2D eigenvalue weighted by atomic mass is 16.3. The van der Waals surface area contributed by atoms with E-state index in [-0.39, 0.29) is 18.2 Å². The van der Waals surface area contributed by atoms with Crippen molar-refractivity contribution in [2.24, 2.45) is 0 Å². The van der Waals surface area contributed by atoms with Crippen LogP contribution in [0.2, 0.25) is 0 Å². The summed E-state index contributed by atoms with van der Waals surface area (Å²) in [5.41, 5.74) is 2.67. The van der Waals surface area contributed by atoms with Crippen molar-refractivity contribution < 1.29 is 5.11 Å². The number of fused-ring (bicyclic) bond motifs is 1. The fraction of sp³-hybridized carbons (Fsp3) is 0.600. The lowest BCUT2D eigenvalue weighted by Crippen LogP contribution is -2.50. The van der Waals surface area contributed by atoms with E-state index in [0.29, 0.717) is 0 Å². The highest BCUT2D eigenvalue weighted by Gasteiger charge is 2.32. The summed E-state index contributed by atoms with van der Waals surface area (Å²) in [5.74, 6) is 0. The van der Waals surface area contributed by atoms with Gasteiger partial charge in [-0.15, -0.1) is 0 Å². The van der Waals surface area contributed by atoms with Crippen molar-refractivity contribution in [3.05, 3.63) is 35.4 Å². The zero-order valence-corrected chi connectivity index (χ0v) is 10.7. The average Bonchev–Trinajstić information content (AvgIpc) is 2.47. The van der Waals surface area contributed by atoms with Crippen LogP contribution in [-0.4, -0.2) is 30.3 Å². The van der Waals surface area contributed by atoms with E-state index in [4.69, 9.17) is 0 Å². The van der Waals surface area contributed by atoms with Crippen molar-refractivity contribution in [3.8, 4) is 0 Å². The predicted octanol–water partition coefficient (Wildman–Crippen LogP) is 1.38. The van der Waals surface area contributed by atoms with E-state index in [1.54, 1.807) is 0 Å². The lowest BCUT2D eigenvalue weighted by atomic mass is 9.86. The van der Waals surface area contributed by atoms with Crippen LogP contribution in [0.1, 0.15) is 36.4 Å². The van der Waals surface area contributed by atoms with Crippen LogP contribution in [0, 0.1) is 0 Å². The van der Waals surface area contributed by atoms with Gasteiger partial charge in [-0.2, -0.15) is 0 Å². The zero-order chi connectivity index (χ0) is 12.4. The molecular weight excluding hydrogens is 224 g/mol. The topological polar surface area (TPSA) is 44.3 Å². The molecule has 1 aromatic rings. The maximum Gasteiger partial charge on any atom is 0.0887 e. The van der Waals surface area contributed by atoms with E-state index in [9.17, 15) is 5.11 Å². The molecule has 3 atom stereocenters. The Bertz CT molecular complexity index is 401. The predicted molar refractivity (Wildman–Crippen MR) is 72.5 cm³/mol. The van der Waals surface area contributed by atoms with Crippen molar-refractivity contribution in [1.82, 2.24) is 10.6 Å². The van der Waals surface area contributed by atoms with Gasteiger partial charge in [0.2, 0.25) is 0 Å². The Kier molecular flexibility index (Phi) is 3.64. The Hall–Kier alpha value is -0.900. The second kappa shape index (κ2) is 5.39. The number of hydrogen-bond donors (Lipinski definition) is 3. The van der Waals surface area contributed by atoms with Crippen molar-refractivity contribution in [1.29, 1.82) is 0 Å². The van der Waals surface area contributed by atoms with Gasteiger partial charge in [-0.25, -0.2) is 0 Å². The molecule has 3 nitrogen and oxygen atoms in total. The smallest absolute Gasteiger partial charge is 0.0887 e. The summed E-state index contributed by atoms with van der Waals surface area (Å²) in [6.45, 7) is 2.00. The van der Waals surface area contributed by atoms with E-state index < -0.39 is 0 Å². The largest absolute Gasteiger partial charge is 0.390 e. The van der Waals surface area contributed by atoms with Gasteiger partial charge in [-0.05, 0) is 43.5 Å². The average molecular weight is 246 g/mol. The first-order valence-electron chi connectivity index (χ1n) is 7.09. The molecule has 2 aliphatic heterocycles. The van der Waals surface area contributed by atoms with Crippen LogP contribution in [0.25, 0.3) is 0 Å². The lowest BCUT2D eigenvalue weighted by Gasteiger charge is -2.36. The molecule has 1 fully saturated rings. The molecule has 0 spiro atoms. The molecule has 0 saturated carbocycles. The SMILES string of the molecule is OC(C1CCCCN1)C1NCCc2ccccc21.